The van der Waals surface area contributed by atoms with E-state index < -0.39 is 0 Å². The molecule has 94 valence electrons. The maximum Gasteiger partial charge on any atom is 0.321 e. The predicted molar refractivity (Wildman–Crippen MR) is 69.9 cm³/mol. The number of hydrogen-bond acceptors (Lipinski definition) is 3. The average molecular weight is 245 g/mol. The van der Waals surface area contributed by atoms with E-state index in [1.807, 2.05) is 0 Å². The van der Waals surface area contributed by atoms with Gasteiger partial charge in [0.25, 0.3) is 0 Å². The minimum absolute atomic E-state index is 0.193. The highest BCUT2D eigenvalue weighted by Gasteiger charge is 2.09. The summed E-state index contributed by atoms with van der Waals surface area (Å²) in [5.41, 5.74) is 7.88. The third kappa shape index (κ3) is 3.00. The minimum atomic E-state index is -0.193. The van der Waals surface area contributed by atoms with Crippen LogP contribution in [0, 0.1) is 0 Å². The number of carbonyl (C=O) groups excluding carboxylic acids is 1. The van der Waals surface area contributed by atoms with Crippen LogP contribution in [-0.4, -0.2) is 28.2 Å². The summed E-state index contributed by atoms with van der Waals surface area (Å²) in [5.74, 6) is 0. The van der Waals surface area contributed by atoms with Crippen LogP contribution in [0.4, 0.5) is 16.2 Å². The molecule has 18 heavy (non-hydrogen) atoms. The van der Waals surface area contributed by atoms with Gasteiger partial charge in [0.15, 0.2) is 0 Å². The Hall–Kier alpha value is -2.50. The van der Waals surface area contributed by atoms with Crippen molar-refractivity contribution in [1.82, 2.24) is 15.1 Å². The molecule has 0 radical (unpaired) electrons. The number of amides is 2. The van der Waals surface area contributed by atoms with Crippen molar-refractivity contribution in [2.45, 2.75) is 6.54 Å². The van der Waals surface area contributed by atoms with Gasteiger partial charge in [0.05, 0.1) is 12.7 Å². The number of nitrogen functional groups attached to an aromatic ring is 1. The fourth-order valence-electron chi connectivity index (χ4n) is 1.55. The maximum atomic E-state index is 11.9. The van der Waals surface area contributed by atoms with Crippen molar-refractivity contribution in [3.8, 4) is 0 Å². The van der Waals surface area contributed by atoms with E-state index in [4.69, 9.17) is 5.73 Å². The van der Waals surface area contributed by atoms with Crippen LogP contribution in [0.1, 0.15) is 5.56 Å². The number of urea groups is 1. The fourth-order valence-corrected chi connectivity index (χ4v) is 1.55. The first-order chi connectivity index (χ1) is 8.65. The number of hydrogen-bond donors (Lipinski definition) is 3. The molecule has 4 N–H and O–H groups in total. The van der Waals surface area contributed by atoms with Gasteiger partial charge in [-0.1, -0.05) is 6.07 Å². The standard InChI is InChI=1S/C12H15N5O/c1-17(8-9-6-14-15-7-9)12(18)16-11-4-2-3-10(13)5-11/h2-7H,8,13H2,1H3,(H,14,15)(H,16,18). The molecule has 1 heterocycles. The lowest BCUT2D eigenvalue weighted by Gasteiger charge is -2.17. The molecule has 1 aromatic heterocycles. The number of anilines is 2. The molecule has 0 aliphatic carbocycles. The minimum Gasteiger partial charge on any atom is -0.399 e. The number of nitrogens with one attached hydrogen (secondary N) is 2. The van der Waals surface area contributed by atoms with Crippen molar-refractivity contribution in [1.29, 1.82) is 0 Å². The fraction of sp³-hybridized carbons (Fsp3) is 0.167. The molecule has 6 heteroatoms. The van der Waals surface area contributed by atoms with Gasteiger partial charge in [0, 0.05) is 30.2 Å². The highest BCUT2D eigenvalue weighted by molar-refractivity contribution is 5.89. The van der Waals surface area contributed by atoms with Gasteiger partial charge in [-0.25, -0.2) is 4.79 Å². The van der Waals surface area contributed by atoms with Gasteiger partial charge in [-0.2, -0.15) is 5.10 Å². The van der Waals surface area contributed by atoms with Crippen LogP contribution < -0.4 is 11.1 Å². The molecular weight excluding hydrogens is 230 g/mol. The summed E-state index contributed by atoms with van der Waals surface area (Å²) in [6.07, 6.45) is 3.44. The molecule has 0 aliphatic rings. The predicted octanol–water partition coefficient (Wildman–Crippen LogP) is 1.66. The number of aromatic nitrogens is 2. The Morgan fingerprint density at radius 2 is 2.39 bits per heavy atom. The lowest BCUT2D eigenvalue weighted by atomic mass is 10.3. The normalized spacial score (nSPS) is 10.1. The summed E-state index contributed by atoms with van der Waals surface area (Å²) < 4.78 is 0. The summed E-state index contributed by atoms with van der Waals surface area (Å²) in [5, 5.41) is 9.31. The zero-order valence-electron chi connectivity index (χ0n) is 10.1. The van der Waals surface area contributed by atoms with Gasteiger partial charge in [-0.05, 0) is 18.2 Å². The Kier molecular flexibility index (Phi) is 3.47. The number of nitrogens with zero attached hydrogens (tertiary/aromatic N) is 2. The molecule has 0 saturated heterocycles. The molecule has 1 aromatic carbocycles. The van der Waals surface area contributed by atoms with Crippen molar-refractivity contribution >= 4 is 17.4 Å². The van der Waals surface area contributed by atoms with Gasteiger partial charge in [0.2, 0.25) is 0 Å². The van der Waals surface area contributed by atoms with Crippen molar-refractivity contribution in [2.24, 2.45) is 0 Å². The van der Waals surface area contributed by atoms with E-state index in [2.05, 4.69) is 15.5 Å². The van der Waals surface area contributed by atoms with Gasteiger partial charge >= 0.3 is 6.03 Å². The molecule has 2 aromatic rings. The van der Waals surface area contributed by atoms with Crippen molar-refractivity contribution in [3.63, 3.8) is 0 Å². The molecule has 0 bridgehead atoms. The number of rotatable bonds is 3. The van der Waals surface area contributed by atoms with E-state index in [1.54, 1.807) is 48.6 Å². The molecule has 0 fully saturated rings. The van der Waals surface area contributed by atoms with Crippen LogP contribution in [-0.2, 0) is 6.54 Å². The summed E-state index contributed by atoms with van der Waals surface area (Å²) in [4.78, 5) is 13.5. The zero-order valence-corrected chi connectivity index (χ0v) is 10.1. The first-order valence-electron chi connectivity index (χ1n) is 5.50. The summed E-state index contributed by atoms with van der Waals surface area (Å²) in [6.45, 7) is 0.491. The summed E-state index contributed by atoms with van der Waals surface area (Å²) in [7, 11) is 1.72. The highest BCUT2D eigenvalue weighted by atomic mass is 16.2. The monoisotopic (exact) mass is 245 g/mol. The van der Waals surface area contributed by atoms with Gasteiger partial charge in [-0.3, -0.25) is 5.10 Å². The summed E-state index contributed by atoms with van der Waals surface area (Å²) >= 11 is 0. The van der Waals surface area contributed by atoms with E-state index in [1.165, 1.54) is 0 Å². The first-order valence-corrected chi connectivity index (χ1v) is 5.50. The lowest BCUT2D eigenvalue weighted by molar-refractivity contribution is 0.220. The second-order valence-corrected chi connectivity index (χ2v) is 4.02. The van der Waals surface area contributed by atoms with E-state index in [0.29, 0.717) is 17.9 Å². The Morgan fingerprint density at radius 1 is 1.56 bits per heavy atom. The van der Waals surface area contributed by atoms with Crippen LogP contribution >= 0.6 is 0 Å². The second-order valence-electron chi connectivity index (χ2n) is 4.02. The average Bonchev–Trinajstić information content (AvgIpc) is 2.81. The maximum absolute atomic E-state index is 11.9. The largest absolute Gasteiger partial charge is 0.399 e. The smallest absolute Gasteiger partial charge is 0.321 e. The summed E-state index contributed by atoms with van der Waals surface area (Å²) in [6, 6.07) is 6.87. The number of nitrogens with two attached hydrogens (primary N) is 1. The van der Waals surface area contributed by atoms with Crippen molar-refractivity contribution in [3.05, 3.63) is 42.2 Å². The lowest BCUT2D eigenvalue weighted by Crippen LogP contribution is -2.30. The zero-order chi connectivity index (χ0) is 13.0. The number of H-pyrrole nitrogens is 1. The second kappa shape index (κ2) is 5.22. The van der Waals surface area contributed by atoms with E-state index in [9.17, 15) is 4.79 Å². The van der Waals surface area contributed by atoms with Crippen LogP contribution in [0.5, 0.6) is 0 Å². The number of aromatic amines is 1. The van der Waals surface area contributed by atoms with Gasteiger partial charge < -0.3 is 16.0 Å². The first kappa shape index (κ1) is 12.0. The van der Waals surface area contributed by atoms with E-state index in [0.717, 1.165) is 5.56 Å². The van der Waals surface area contributed by atoms with E-state index in [-0.39, 0.29) is 6.03 Å². The molecule has 0 saturated carbocycles. The number of carbonyl (C=O) groups is 1. The molecule has 0 aliphatic heterocycles. The van der Waals surface area contributed by atoms with Gasteiger partial charge in [0.1, 0.15) is 0 Å². The molecule has 2 amide bonds. The molecule has 0 spiro atoms. The third-order valence-corrected chi connectivity index (χ3v) is 2.46. The van der Waals surface area contributed by atoms with Gasteiger partial charge in [-0.15, -0.1) is 0 Å². The molecule has 6 nitrogen and oxygen atoms in total. The highest BCUT2D eigenvalue weighted by Crippen LogP contribution is 2.12. The Bertz CT molecular complexity index is 523. The molecule has 2 rings (SSSR count). The van der Waals surface area contributed by atoms with Crippen molar-refractivity contribution < 1.29 is 4.79 Å². The third-order valence-electron chi connectivity index (χ3n) is 2.46. The number of benzene rings is 1. The Balaban J connectivity index is 1.95. The van der Waals surface area contributed by atoms with Crippen LogP contribution in [0.2, 0.25) is 0 Å². The molecule has 0 unspecified atom stereocenters. The Morgan fingerprint density at radius 3 is 3.06 bits per heavy atom. The quantitative estimate of drug-likeness (QED) is 0.718. The topological polar surface area (TPSA) is 87.0 Å². The molecule has 0 atom stereocenters. The van der Waals surface area contributed by atoms with Crippen LogP contribution in [0.15, 0.2) is 36.7 Å². The van der Waals surface area contributed by atoms with E-state index >= 15 is 0 Å². The Labute approximate surface area is 105 Å². The van der Waals surface area contributed by atoms with Crippen LogP contribution in [0.25, 0.3) is 0 Å². The van der Waals surface area contributed by atoms with Crippen molar-refractivity contribution in [2.75, 3.05) is 18.1 Å². The molecular formula is C12H15N5O. The SMILES string of the molecule is CN(Cc1cn[nH]c1)C(=O)Nc1cccc(N)c1. The van der Waals surface area contributed by atoms with Crippen LogP contribution in [0.3, 0.4) is 0 Å².